The zero-order chi connectivity index (χ0) is 15.1. The standard InChI is InChI=1S/C14H14N4O3/c1-21-14(17-6-2-12(3-7-17)10-15-19)18-8-4-13(5-9-18)11-16-20/h2-11,14H,1H3. The maximum Gasteiger partial charge on any atom is 0.216 e. The van der Waals surface area contributed by atoms with Crippen molar-refractivity contribution in [3.05, 3.63) is 82.5 Å². The normalized spacial score (nSPS) is 16.7. The van der Waals surface area contributed by atoms with Crippen LogP contribution >= 0.6 is 0 Å². The van der Waals surface area contributed by atoms with Gasteiger partial charge in [0.25, 0.3) is 0 Å². The van der Waals surface area contributed by atoms with Crippen LogP contribution in [0.2, 0.25) is 0 Å². The highest BCUT2D eigenvalue weighted by Gasteiger charge is 2.19. The van der Waals surface area contributed by atoms with Gasteiger partial charge in [-0.25, -0.2) is 0 Å². The summed E-state index contributed by atoms with van der Waals surface area (Å²) >= 11 is 0. The Labute approximate surface area is 121 Å². The molecule has 0 fully saturated rings. The Hall–Kier alpha value is -2.80. The van der Waals surface area contributed by atoms with Gasteiger partial charge in [-0.3, -0.25) is 0 Å². The molecule has 0 spiro atoms. The summed E-state index contributed by atoms with van der Waals surface area (Å²) in [6, 6.07) is 0. The molecule has 108 valence electrons. The topological polar surface area (TPSA) is 74.6 Å². The van der Waals surface area contributed by atoms with Gasteiger partial charge in [0.15, 0.2) is 0 Å². The van der Waals surface area contributed by atoms with Gasteiger partial charge in [0.2, 0.25) is 6.35 Å². The first-order chi connectivity index (χ1) is 10.3. The van der Waals surface area contributed by atoms with Crippen molar-refractivity contribution in [3.63, 3.8) is 0 Å². The molecule has 0 aromatic heterocycles. The van der Waals surface area contributed by atoms with Crippen molar-refractivity contribution in [1.82, 2.24) is 9.80 Å². The molecule has 0 N–H and O–H groups in total. The zero-order valence-corrected chi connectivity index (χ0v) is 11.4. The van der Waals surface area contributed by atoms with E-state index in [2.05, 4.69) is 10.4 Å². The predicted octanol–water partition coefficient (Wildman–Crippen LogP) is 2.90. The second-order valence-electron chi connectivity index (χ2n) is 4.19. The number of hydrogen-bond acceptors (Lipinski definition) is 7. The third-order valence-corrected chi connectivity index (χ3v) is 2.88. The summed E-state index contributed by atoms with van der Waals surface area (Å²) in [5.41, 5.74) is 1.42. The fraction of sp³-hybridized carbons (Fsp3) is 0.143. The van der Waals surface area contributed by atoms with Gasteiger partial charge in [-0.05, 0) is 45.8 Å². The summed E-state index contributed by atoms with van der Waals surface area (Å²) < 4.78 is 5.46. The van der Waals surface area contributed by atoms with Crippen molar-refractivity contribution in [2.24, 2.45) is 10.4 Å². The molecule has 0 atom stereocenters. The zero-order valence-electron chi connectivity index (χ0n) is 11.4. The molecular weight excluding hydrogens is 272 g/mol. The summed E-state index contributed by atoms with van der Waals surface area (Å²) in [5.74, 6) is 0. The van der Waals surface area contributed by atoms with Crippen molar-refractivity contribution in [3.8, 4) is 0 Å². The number of nitrogens with zero attached hydrogens (tertiary/aromatic N) is 4. The van der Waals surface area contributed by atoms with Gasteiger partial charge in [0, 0.05) is 31.9 Å². The van der Waals surface area contributed by atoms with E-state index in [1.165, 1.54) is 12.4 Å². The van der Waals surface area contributed by atoms with Crippen molar-refractivity contribution >= 4 is 0 Å². The highest BCUT2D eigenvalue weighted by molar-refractivity contribution is 5.35. The molecule has 2 rings (SSSR count). The lowest BCUT2D eigenvalue weighted by Gasteiger charge is -2.35. The van der Waals surface area contributed by atoms with Crippen molar-refractivity contribution in [1.29, 1.82) is 0 Å². The van der Waals surface area contributed by atoms with Gasteiger partial charge in [-0.15, -0.1) is 9.81 Å². The van der Waals surface area contributed by atoms with Crippen LogP contribution in [0.3, 0.4) is 0 Å². The van der Waals surface area contributed by atoms with E-state index in [9.17, 15) is 9.81 Å². The molecule has 0 saturated heterocycles. The average Bonchev–Trinajstić information content (AvgIpc) is 2.52. The summed E-state index contributed by atoms with van der Waals surface area (Å²) in [6.45, 7) is 0. The average molecular weight is 286 g/mol. The van der Waals surface area contributed by atoms with Crippen LogP contribution in [0.5, 0.6) is 0 Å². The third-order valence-electron chi connectivity index (χ3n) is 2.88. The second-order valence-corrected chi connectivity index (χ2v) is 4.19. The molecule has 0 radical (unpaired) electrons. The monoisotopic (exact) mass is 286 g/mol. The van der Waals surface area contributed by atoms with Crippen LogP contribution in [0.1, 0.15) is 0 Å². The van der Waals surface area contributed by atoms with Crippen LogP contribution in [0.4, 0.5) is 0 Å². The maximum absolute atomic E-state index is 10.2. The molecule has 2 aliphatic heterocycles. The largest absolute Gasteiger partial charge is 0.343 e. The predicted molar refractivity (Wildman–Crippen MR) is 78.8 cm³/mol. The van der Waals surface area contributed by atoms with Crippen LogP contribution in [-0.2, 0) is 4.74 Å². The Morgan fingerprint density at radius 2 is 1.29 bits per heavy atom. The van der Waals surface area contributed by atoms with Crippen LogP contribution < -0.4 is 0 Å². The lowest BCUT2D eigenvalue weighted by molar-refractivity contribution is -0.0590. The molecule has 7 heteroatoms. The number of methoxy groups -OCH3 is 1. The fourth-order valence-corrected chi connectivity index (χ4v) is 1.88. The maximum atomic E-state index is 10.2. The molecule has 0 bridgehead atoms. The number of rotatable bonds is 5. The van der Waals surface area contributed by atoms with Gasteiger partial charge < -0.3 is 14.5 Å². The Kier molecular flexibility index (Phi) is 4.94. The lowest BCUT2D eigenvalue weighted by Crippen LogP contribution is -2.40. The molecule has 7 nitrogen and oxygen atoms in total. The molecule has 0 unspecified atom stereocenters. The number of nitroso groups, excluding NO2 is 2. The third kappa shape index (κ3) is 3.61. The quantitative estimate of drug-likeness (QED) is 0.726. The molecule has 0 aromatic carbocycles. The first kappa shape index (κ1) is 14.6. The molecule has 0 saturated carbocycles. The van der Waals surface area contributed by atoms with E-state index >= 15 is 0 Å². The molecule has 2 aliphatic rings. The van der Waals surface area contributed by atoms with Crippen molar-refractivity contribution in [2.45, 2.75) is 6.35 Å². The number of ether oxygens (including phenoxy) is 1. The van der Waals surface area contributed by atoms with E-state index in [1.807, 2.05) is 9.80 Å². The molecule has 0 amide bonds. The van der Waals surface area contributed by atoms with E-state index in [1.54, 1.807) is 56.2 Å². The van der Waals surface area contributed by atoms with E-state index in [4.69, 9.17) is 4.74 Å². The minimum Gasteiger partial charge on any atom is -0.343 e. The van der Waals surface area contributed by atoms with Crippen LogP contribution in [0.15, 0.2) is 83.0 Å². The SMILES string of the molecule is COC(N1C=CC(=CN=O)C=C1)N1C=CC(=CN=O)C=C1. The summed E-state index contributed by atoms with van der Waals surface area (Å²) in [7, 11) is 1.59. The fourth-order valence-electron chi connectivity index (χ4n) is 1.88. The van der Waals surface area contributed by atoms with Gasteiger partial charge in [-0.1, -0.05) is 0 Å². The van der Waals surface area contributed by atoms with Gasteiger partial charge >= 0.3 is 0 Å². The van der Waals surface area contributed by atoms with Crippen molar-refractivity contribution in [2.75, 3.05) is 7.11 Å². The molecule has 21 heavy (non-hydrogen) atoms. The molecule has 2 heterocycles. The first-order valence-electron chi connectivity index (χ1n) is 6.14. The van der Waals surface area contributed by atoms with E-state index in [0.717, 1.165) is 0 Å². The molecule has 0 aliphatic carbocycles. The number of allylic oxidation sites excluding steroid dienone is 6. The minimum atomic E-state index is -0.388. The van der Waals surface area contributed by atoms with E-state index in [0.29, 0.717) is 11.1 Å². The van der Waals surface area contributed by atoms with E-state index < -0.39 is 0 Å². The smallest absolute Gasteiger partial charge is 0.216 e. The van der Waals surface area contributed by atoms with Gasteiger partial charge in [0.05, 0.1) is 12.4 Å². The highest BCUT2D eigenvalue weighted by atomic mass is 16.5. The Balaban J connectivity index is 2.09. The summed E-state index contributed by atoms with van der Waals surface area (Å²) in [5, 5.41) is 5.45. The summed E-state index contributed by atoms with van der Waals surface area (Å²) in [6.07, 6.45) is 16.2. The second kappa shape index (κ2) is 7.11. The van der Waals surface area contributed by atoms with Gasteiger partial charge in [0.1, 0.15) is 0 Å². The Morgan fingerprint density at radius 1 is 0.905 bits per heavy atom. The van der Waals surface area contributed by atoms with Crippen molar-refractivity contribution < 1.29 is 4.74 Å². The number of hydrogen-bond donors (Lipinski definition) is 0. The first-order valence-corrected chi connectivity index (χ1v) is 6.14. The van der Waals surface area contributed by atoms with Gasteiger partial charge in [-0.2, -0.15) is 0 Å². The molecule has 0 aromatic rings. The van der Waals surface area contributed by atoms with Crippen LogP contribution in [0, 0.1) is 9.81 Å². The Bertz CT molecular complexity index is 505. The minimum absolute atomic E-state index is 0.388. The highest BCUT2D eigenvalue weighted by Crippen LogP contribution is 2.19. The lowest BCUT2D eigenvalue weighted by atomic mass is 10.2. The summed E-state index contributed by atoms with van der Waals surface area (Å²) in [4.78, 5) is 24.0. The molecular formula is C14H14N4O3. The Morgan fingerprint density at radius 3 is 1.57 bits per heavy atom. The van der Waals surface area contributed by atoms with Crippen LogP contribution in [-0.4, -0.2) is 23.3 Å². The van der Waals surface area contributed by atoms with Crippen LogP contribution in [0.25, 0.3) is 0 Å². The van der Waals surface area contributed by atoms with E-state index in [-0.39, 0.29) is 6.35 Å².